The summed E-state index contributed by atoms with van der Waals surface area (Å²) in [7, 11) is 1.52. The van der Waals surface area contributed by atoms with Gasteiger partial charge in [-0.25, -0.2) is 14.4 Å². The van der Waals surface area contributed by atoms with E-state index in [0.29, 0.717) is 23.8 Å². The zero-order chi connectivity index (χ0) is 18.1. The maximum absolute atomic E-state index is 13.1. The molecule has 0 atom stereocenters. The van der Waals surface area contributed by atoms with Crippen LogP contribution in [-0.4, -0.2) is 26.9 Å². The second-order valence-electron chi connectivity index (χ2n) is 5.80. The van der Waals surface area contributed by atoms with Gasteiger partial charge in [-0.15, -0.1) is 0 Å². The van der Waals surface area contributed by atoms with Crippen molar-refractivity contribution in [1.82, 2.24) is 19.7 Å². The molecule has 0 aliphatic rings. The molecule has 0 unspecified atom stereocenters. The first-order valence-corrected chi connectivity index (χ1v) is 8.02. The number of nitrogen functional groups attached to an aromatic ring is 1. The number of anilines is 1. The maximum atomic E-state index is 13.1. The lowest BCUT2D eigenvalue weighted by Crippen LogP contribution is -2.03. The third-order valence-electron chi connectivity index (χ3n) is 4.12. The van der Waals surface area contributed by atoms with Crippen molar-refractivity contribution < 1.29 is 9.13 Å². The molecule has 7 heteroatoms. The molecule has 4 rings (SSSR count). The summed E-state index contributed by atoms with van der Waals surface area (Å²) in [5, 5.41) is 5.59. The fourth-order valence-corrected chi connectivity index (χ4v) is 2.83. The Labute approximate surface area is 149 Å². The average molecular weight is 349 g/mol. The lowest BCUT2D eigenvalue weighted by Gasteiger charge is -2.04. The number of nitrogens with two attached hydrogens (primary N) is 1. The summed E-state index contributed by atoms with van der Waals surface area (Å²) in [6.45, 7) is 0.506. The van der Waals surface area contributed by atoms with Crippen LogP contribution >= 0.6 is 0 Å². The maximum Gasteiger partial charge on any atom is 0.182 e. The summed E-state index contributed by atoms with van der Waals surface area (Å²) < 4.78 is 20.1. The number of methoxy groups -OCH3 is 1. The van der Waals surface area contributed by atoms with E-state index in [2.05, 4.69) is 15.1 Å². The predicted octanol–water partition coefficient (Wildman–Crippen LogP) is 3.27. The van der Waals surface area contributed by atoms with Crippen molar-refractivity contribution in [3.63, 3.8) is 0 Å². The summed E-state index contributed by atoms with van der Waals surface area (Å²) in [6.07, 6.45) is 1.53. The minimum Gasteiger partial charge on any atom is -0.491 e. The van der Waals surface area contributed by atoms with Crippen molar-refractivity contribution in [2.24, 2.45) is 0 Å². The van der Waals surface area contributed by atoms with Crippen LogP contribution in [0.1, 0.15) is 5.56 Å². The molecule has 4 aromatic rings. The van der Waals surface area contributed by atoms with Crippen LogP contribution in [0, 0.1) is 5.82 Å². The number of fused-ring (bicyclic) bond motifs is 1. The van der Waals surface area contributed by atoms with Gasteiger partial charge in [0.15, 0.2) is 17.4 Å². The molecule has 0 fully saturated rings. The van der Waals surface area contributed by atoms with Gasteiger partial charge < -0.3 is 10.5 Å². The van der Waals surface area contributed by atoms with Gasteiger partial charge >= 0.3 is 0 Å². The van der Waals surface area contributed by atoms with E-state index in [4.69, 9.17) is 10.5 Å². The molecule has 2 heterocycles. The molecule has 0 amide bonds. The molecule has 2 aromatic heterocycles. The Morgan fingerprint density at radius 2 is 1.88 bits per heavy atom. The molecular formula is C19H16FN5O. The predicted molar refractivity (Wildman–Crippen MR) is 97.2 cm³/mol. The van der Waals surface area contributed by atoms with E-state index in [1.807, 2.05) is 28.9 Å². The SMILES string of the molecule is COc1cnc(-c2nn(Cc3ccc(F)cc3)c3ccccc23)nc1N. The Morgan fingerprint density at radius 1 is 1.12 bits per heavy atom. The fraction of sp³-hybridized carbons (Fsp3) is 0.105. The number of aromatic nitrogens is 4. The normalized spacial score (nSPS) is 11.0. The van der Waals surface area contributed by atoms with Crippen molar-refractivity contribution in [1.29, 1.82) is 0 Å². The van der Waals surface area contributed by atoms with Crippen LogP contribution in [0.15, 0.2) is 54.7 Å². The smallest absolute Gasteiger partial charge is 0.182 e. The van der Waals surface area contributed by atoms with E-state index >= 15 is 0 Å². The summed E-state index contributed by atoms with van der Waals surface area (Å²) in [5.41, 5.74) is 8.43. The first kappa shape index (κ1) is 16.0. The molecule has 2 aromatic carbocycles. The number of para-hydroxylation sites is 1. The number of hydrogen-bond donors (Lipinski definition) is 1. The van der Waals surface area contributed by atoms with Gasteiger partial charge in [-0.05, 0) is 23.8 Å². The summed E-state index contributed by atoms with van der Waals surface area (Å²) in [5.74, 6) is 0.845. The van der Waals surface area contributed by atoms with Gasteiger partial charge in [-0.2, -0.15) is 5.10 Å². The van der Waals surface area contributed by atoms with Gasteiger partial charge in [-0.1, -0.05) is 30.3 Å². The van der Waals surface area contributed by atoms with Crippen molar-refractivity contribution in [2.75, 3.05) is 12.8 Å². The van der Waals surface area contributed by atoms with Crippen LogP contribution in [0.4, 0.5) is 10.2 Å². The largest absolute Gasteiger partial charge is 0.491 e. The molecule has 0 saturated carbocycles. The highest BCUT2D eigenvalue weighted by Gasteiger charge is 2.16. The molecule has 0 saturated heterocycles. The lowest BCUT2D eigenvalue weighted by atomic mass is 10.2. The second kappa shape index (κ2) is 6.44. The highest BCUT2D eigenvalue weighted by atomic mass is 19.1. The van der Waals surface area contributed by atoms with E-state index < -0.39 is 0 Å². The molecule has 130 valence electrons. The highest BCUT2D eigenvalue weighted by Crippen LogP contribution is 2.28. The molecule has 6 nitrogen and oxygen atoms in total. The molecule has 0 radical (unpaired) electrons. The standard InChI is InChI=1S/C19H16FN5O/c1-26-16-10-22-19(23-18(16)21)17-14-4-2-3-5-15(14)25(24-17)11-12-6-8-13(20)9-7-12/h2-10H,11H2,1H3,(H2,21,22,23). The van der Waals surface area contributed by atoms with Gasteiger partial charge in [0.2, 0.25) is 0 Å². The fourth-order valence-electron chi connectivity index (χ4n) is 2.83. The van der Waals surface area contributed by atoms with Gasteiger partial charge in [0.25, 0.3) is 0 Å². The highest BCUT2D eigenvalue weighted by molar-refractivity contribution is 5.91. The second-order valence-corrected chi connectivity index (χ2v) is 5.80. The van der Waals surface area contributed by atoms with Crippen molar-refractivity contribution in [3.05, 3.63) is 66.1 Å². The Balaban J connectivity index is 1.81. The van der Waals surface area contributed by atoms with Gasteiger partial charge in [0.05, 0.1) is 25.4 Å². The number of benzene rings is 2. The van der Waals surface area contributed by atoms with Gasteiger partial charge in [-0.3, -0.25) is 4.68 Å². The number of ether oxygens (including phenoxy) is 1. The Morgan fingerprint density at radius 3 is 2.62 bits per heavy atom. The Kier molecular flexibility index (Phi) is 3.96. The minimum absolute atomic E-state index is 0.259. The first-order valence-electron chi connectivity index (χ1n) is 8.02. The molecule has 2 N–H and O–H groups in total. The van der Waals surface area contributed by atoms with Crippen LogP contribution in [0.5, 0.6) is 5.75 Å². The zero-order valence-electron chi connectivity index (χ0n) is 14.1. The number of halogens is 1. The quantitative estimate of drug-likeness (QED) is 0.612. The van der Waals surface area contributed by atoms with E-state index in [1.165, 1.54) is 25.4 Å². The Hall–Kier alpha value is -3.48. The summed E-state index contributed by atoms with van der Waals surface area (Å²) in [6, 6.07) is 14.2. The minimum atomic E-state index is -0.262. The first-order chi connectivity index (χ1) is 12.7. The summed E-state index contributed by atoms with van der Waals surface area (Å²) in [4.78, 5) is 8.63. The topological polar surface area (TPSA) is 78.9 Å². The molecule has 0 aliphatic heterocycles. The zero-order valence-corrected chi connectivity index (χ0v) is 14.1. The third kappa shape index (κ3) is 2.83. The van der Waals surface area contributed by atoms with Crippen molar-refractivity contribution in [3.8, 4) is 17.3 Å². The van der Waals surface area contributed by atoms with Crippen molar-refractivity contribution >= 4 is 16.7 Å². The van der Waals surface area contributed by atoms with E-state index in [1.54, 1.807) is 12.1 Å². The van der Waals surface area contributed by atoms with Crippen LogP contribution in [0.25, 0.3) is 22.4 Å². The molecular weight excluding hydrogens is 333 g/mol. The molecule has 26 heavy (non-hydrogen) atoms. The van der Waals surface area contributed by atoms with Crippen LogP contribution in [0.2, 0.25) is 0 Å². The number of nitrogens with zero attached hydrogens (tertiary/aromatic N) is 4. The number of hydrogen-bond acceptors (Lipinski definition) is 5. The molecule has 0 bridgehead atoms. The van der Waals surface area contributed by atoms with Gasteiger partial charge in [0.1, 0.15) is 11.5 Å². The summed E-state index contributed by atoms with van der Waals surface area (Å²) >= 11 is 0. The lowest BCUT2D eigenvalue weighted by molar-refractivity contribution is 0.413. The van der Waals surface area contributed by atoms with Crippen LogP contribution in [-0.2, 0) is 6.54 Å². The average Bonchev–Trinajstić information content (AvgIpc) is 3.02. The monoisotopic (exact) mass is 349 g/mol. The molecule has 0 aliphatic carbocycles. The third-order valence-corrected chi connectivity index (χ3v) is 4.12. The molecule has 0 spiro atoms. The van der Waals surface area contributed by atoms with E-state index in [9.17, 15) is 4.39 Å². The van der Waals surface area contributed by atoms with E-state index in [0.717, 1.165) is 16.5 Å². The number of rotatable bonds is 4. The van der Waals surface area contributed by atoms with Crippen LogP contribution in [0.3, 0.4) is 0 Å². The Bertz CT molecular complexity index is 1080. The van der Waals surface area contributed by atoms with Gasteiger partial charge in [0, 0.05) is 5.39 Å². The van der Waals surface area contributed by atoms with E-state index in [-0.39, 0.29) is 11.6 Å². The van der Waals surface area contributed by atoms with Crippen molar-refractivity contribution in [2.45, 2.75) is 6.54 Å². The van der Waals surface area contributed by atoms with Crippen LogP contribution < -0.4 is 10.5 Å².